The molecule has 166 valence electrons. The van der Waals surface area contributed by atoms with Crippen LogP contribution in [0.3, 0.4) is 0 Å². The van der Waals surface area contributed by atoms with Crippen LogP contribution >= 0.6 is 0 Å². The number of nitrogens with one attached hydrogen (secondary N) is 1. The highest BCUT2D eigenvalue weighted by Crippen LogP contribution is 2.29. The van der Waals surface area contributed by atoms with E-state index in [0.29, 0.717) is 17.4 Å². The number of nitrogens with zero attached hydrogens (tertiary/aromatic N) is 5. The maximum atomic E-state index is 13.2. The summed E-state index contributed by atoms with van der Waals surface area (Å²) >= 11 is 0. The second kappa shape index (κ2) is 7.97. The standard InChI is InChI=1S/C12H10FN3O.C11H8FN3O/c1-16-10-6-14-11(17-2)4-8(10)9-3-7(13)5-15-12(9)16;1-16-10-3-7-8-2-6(12)4-14-11(8)15-9(7)5-13-10/h3-6H,1-2H3;2-5H,1H3,(H,14,15). The maximum absolute atomic E-state index is 13.2. The molecule has 6 aromatic rings. The maximum Gasteiger partial charge on any atom is 0.213 e. The number of pyridine rings is 4. The van der Waals surface area contributed by atoms with Gasteiger partial charge in [0.2, 0.25) is 11.8 Å². The molecule has 0 aliphatic carbocycles. The quantitative estimate of drug-likeness (QED) is 0.419. The van der Waals surface area contributed by atoms with Crippen molar-refractivity contribution in [2.24, 2.45) is 7.05 Å². The molecule has 0 bridgehead atoms. The fraction of sp³-hybridized carbons (Fsp3) is 0.130. The summed E-state index contributed by atoms with van der Waals surface area (Å²) in [5, 5.41) is 3.24. The summed E-state index contributed by atoms with van der Waals surface area (Å²) in [5.74, 6) is 0.303. The van der Waals surface area contributed by atoms with E-state index < -0.39 is 0 Å². The molecule has 0 unspecified atom stereocenters. The van der Waals surface area contributed by atoms with Gasteiger partial charge >= 0.3 is 0 Å². The predicted molar refractivity (Wildman–Crippen MR) is 120 cm³/mol. The Kier molecular flexibility index (Phi) is 4.97. The van der Waals surface area contributed by atoms with Crippen LogP contribution < -0.4 is 9.47 Å². The molecule has 0 aliphatic heterocycles. The first-order valence-corrected chi connectivity index (χ1v) is 9.89. The van der Waals surface area contributed by atoms with Crippen molar-refractivity contribution in [3.05, 3.63) is 60.7 Å². The van der Waals surface area contributed by atoms with Crippen molar-refractivity contribution < 1.29 is 18.3 Å². The molecule has 0 atom stereocenters. The second-order valence-electron chi connectivity index (χ2n) is 7.27. The molecule has 1 N–H and O–H groups in total. The number of rotatable bonds is 2. The lowest BCUT2D eigenvalue weighted by Gasteiger charge is -1.98. The minimum Gasteiger partial charge on any atom is -0.481 e. The van der Waals surface area contributed by atoms with E-state index >= 15 is 0 Å². The van der Waals surface area contributed by atoms with E-state index in [4.69, 9.17) is 9.47 Å². The largest absolute Gasteiger partial charge is 0.481 e. The Hall–Kier alpha value is -4.34. The fourth-order valence-corrected chi connectivity index (χ4v) is 3.78. The van der Waals surface area contributed by atoms with E-state index in [9.17, 15) is 8.78 Å². The third kappa shape index (κ3) is 3.55. The van der Waals surface area contributed by atoms with Crippen LogP contribution in [-0.2, 0) is 7.05 Å². The van der Waals surface area contributed by atoms with Gasteiger partial charge in [0.05, 0.1) is 50.0 Å². The number of ether oxygens (including phenoxy) is 2. The Labute approximate surface area is 185 Å². The van der Waals surface area contributed by atoms with Crippen LogP contribution in [0.2, 0.25) is 0 Å². The van der Waals surface area contributed by atoms with Crippen LogP contribution in [0.5, 0.6) is 11.8 Å². The minimum atomic E-state index is -0.357. The highest BCUT2D eigenvalue weighted by atomic mass is 19.1. The number of halogens is 2. The summed E-state index contributed by atoms with van der Waals surface area (Å²) in [6.45, 7) is 0. The van der Waals surface area contributed by atoms with E-state index in [1.807, 2.05) is 11.6 Å². The van der Waals surface area contributed by atoms with Crippen LogP contribution in [0.25, 0.3) is 43.9 Å². The van der Waals surface area contributed by atoms with Gasteiger partial charge in [-0.15, -0.1) is 0 Å². The number of methoxy groups -OCH3 is 2. The zero-order chi connectivity index (χ0) is 23.1. The SMILES string of the molecule is COc1cc2c(cn1)[nH]c1ncc(F)cc12.COc1cc2c3cc(F)cnc3n(C)c2cn1. The fourth-order valence-electron chi connectivity index (χ4n) is 3.78. The van der Waals surface area contributed by atoms with E-state index in [0.717, 1.165) is 38.2 Å². The molecule has 0 aliphatic rings. The van der Waals surface area contributed by atoms with Crippen molar-refractivity contribution in [1.29, 1.82) is 0 Å². The number of aromatic nitrogens is 6. The summed E-state index contributed by atoms with van der Waals surface area (Å²) in [7, 11) is 4.98. The molecule has 0 spiro atoms. The number of hydrogen-bond donors (Lipinski definition) is 1. The number of aromatic amines is 1. The summed E-state index contributed by atoms with van der Waals surface area (Å²) in [6, 6.07) is 6.47. The molecule has 0 amide bonds. The first kappa shape index (κ1) is 20.6. The van der Waals surface area contributed by atoms with E-state index in [1.54, 1.807) is 38.7 Å². The lowest BCUT2D eigenvalue weighted by molar-refractivity contribution is 0.398. The van der Waals surface area contributed by atoms with Crippen LogP contribution in [0.15, 0.2) is 49.1 Å². The van der Waals surface area contributed by atoms with Crippen LogP contribution in [-0.4, -0.2) is 43.7 Å². The molecule has 6 heterocycles. The van der Waals surface area contributed by atoms with Gasteiger partial charge in [0.15, 0.2) is 0 Å². The highest BCUT2D eigenvalue weighted by Gasteiger charge is 2.11. The minimum absolute atomic E-state index is 0.347. The summed E-state index contributed by atoms with van der Waals surface area (Å²) in [6.07, 6.45) is 5.75. The number of aryl methyl sites for hydroxylation is 1. The van der Waals surface area contributed by atoms with Crippen molar-refractivity contribution >= 4 is 43.9 Å². The van der Waals surface area contributed by atoms with Crippen molar-refractivity contribution in [2.45, 2.75) is 0 Å². The summed E-state index contributed by atoms with van der Waals surface area (Å²) in [4.78, 5) is 19.3. The molecule has 0 fully saturated rings. The van der Waals surface area contributed by atoms with Gasteiger partial charge in [-0.05, 0) is 12.1 Å². The second-order valence-corrected chi connectivity index (χ2v) is 7.27. The molecule has 0 saturated heterocycles. The van der Waals surface area contributed by atoms with Crippen LogP contribution in [0.4, 0.5) is 8.78 Å². The zero-order valence-electron chi connectivity index (χ0n) is 17.9. The molecule has 0 radical (unpaired) electrons. The molecule has 8 nitrogen and oxygen atoms in total. The molecular weight excluding hydrogens is 430 g/mol. The van der Waals surface area contributed by atoms with Gasteiger partial charge in [0.1, 0.15) is 22.9 Å². The molecule has 6 aromatic heterocycles. The Morgan fingerprint density at radius 1 is 0.727 bits per heavy atom. The third-order valence-electron chi connectivity index (χ3n) is 5.36. The van der Waals surface area contributed by atoms with Gasteiger partial charge in [-0.2, -0.15) is 0 Å². The van der Waals surface area contributed by atoms with Crippen LogP contribution in [0.1, 0.15) is 0 Å². The van der Waals surface area contributed by atoms with Gasteiger partial charge in [0.25, 0.3) is 0 Å². The summed E-state index contributed by atoms with van der Waals surface area (Å²) < 4.78 is 38.3. The Bertz CT molecular complexity index is 1640. The zero-order valence-corrected chi connectivity index (χ0v) is 17.9. The van der Waals surface area contributed by atoms with E-state index in [-0.39, 0.29) is 11.6 Å². The topological polar surface area (TPSA) is 90.7 Å². The first-order valence-electron chi connectivity index (χ1n) is 9.89. The predicted octanol–water partition coefficient (Wildman–Crippen LogP) is 4.53. The van der Waals surface area contributed by atoms with Crippen molar-refractivity contribution in [1.82, 2.24) is 29.5 Å². The smallest absolute Gasteiger partial charge is 0.213 e. The number of H-pyrrole nitrogens is 1. The Morgan fingerprint density at radius 2 is 1.36 bits per heavy atom. The van der Waals surface area contributed by atoms with Gasteiger partial charge in [-0.1, -0.05) is 0 Å². The monoisotopic (exact) mass is 448 g/mol. The number of hydrogen-bond acceptors (Lipinski definition) is 6. The molecule has 0 saturated carbocycles. The molecule has 33 heavy (non-hydrogen) atoms. The average Bonchev–Trinajstić information content (AvgIpc) is 3.33. The van der Waals surface area contributed by atoms with Crippen LogP contribution in [0, 0.1) is 11.6 Å². The van der Waals surface area contributed by atoms with Crippen molar-refractivity contribution in [3.8, 4) is 11.8 Å². The molecule has 6 rings (SSSR count). The lowest BCUT2D eigenvalue weighted by atomic mass is 10.2. The number of fused-ring (bicyclic) bond motifs is 6. The normalized spacial score (nSPS) is 11.2. The highest BCUT2D eigenvalue weighted by molar-refractivity contribution is 6.07. The van der Waals surface area contributed by atoms with E-state index in [1.165, 1.54) is 24.5 Å². The van der Waals surface area contributed by atoms with Gasteiger partial charge in [-0.3, -0.25) is 0 Å². The van der Waals surface area contributed by atoms with Gasteiger partial charge in [0, 0.05) is 40.7 Å². The van der Waals surface area contributed by atoms with Gasteiger partial charge in [-0.25, -0.2) is 28.7 Å². The lowest BCUT2D eigenvalue weighted by Crippen LogP contribution is -1.91. The Morgan fingerprint density at radius 3 is 2.09 bits per heavy atom. The third-order valence-corrected chi connectivity index (χ3v) is 5.36. The average molecular weight is 448 g/mol. The van der Waals surface area contributed by atoms with Crippen molar-refractivity contribution in [3.63, 3.8) is 0 Å². The molecule has 10 heteroatoms. The first-order chi connectivity index (χ1) is 16.0. The molecular formula is C23H18F2N6O2. The molecule has 0 aromatic carbocycles. The van der Waals surface area contributed by atoms with E-state index in [2.05, 4.69) is 24.9 Å². The van der Waals surface area contributed by atoms with Gasteiger partial charge < -0.3 is 19.0 Å². The van der Waals surface area contributed by atoms with Crippen molar-refractivity contribution in [2.75, 3.05) is 14.2 Å². The Balaban J connectivity index is 0.000000139. The summed E-state index contributed by atoms with van der Waals surface area (Å²) in [5.41, 5.74) is 3.09.